The third-order valence-corrected chi connectivity index (χ3v) is 2.70. The van der Waals surface area contributed by atoms with Gasteiger partial charge >= 0.3 is 5.97 Å². The summed E-state index contributed by atoms with van der Waals surface area (Å²) in [6.07, 6.45) is 0. The summed E-state index contributed by atoms with van der Waals surface area (Å²) < 4.78 is 9.64. The molecule has 0 atom stereocenters. The normalized spacial score (nSPS) is 10.4. The van der Waals surface area contributed by atoms with E-state index in [0.29, 0.717) is 5.56 Å². The quantitative estimate of drug-likeness (QED) is 0.503. The van der Waals surface area contributed by atoms with Gasteiger partial charge in [0.1, 0.15) is 0 Å². The van der Waals surface area contributed by atoms with Crippen LogP contribution in [0.3, 0.4) is 0 Å². The molecule has 1 rings (SSSR count). The lowest BCUT2D eigenvalue weighted by molar-refractivity contribution is -0.137. The fourth-order valence-electron chi connectivity index (χ4n) is 1.77. The van der Waals surface area contributed by atoms with Gasteiger partial charge in [0.15, 0.2) is 11.5 Å². The number of aromatic hydroxyl groups is 1. The Labute approximate surface area is 112 Å². The Kier molecular flexibility index (Phi) is 4.92. The molecule has 5 heteroatoms. The van der Waals surface area contributed by atoms with Crippen LogP contribution in [0.1, 0.15) is 42.6 Å². The van der Waals surface area contributed by atoms with Crippen LogP contribution in [0.25, 0.3) is 0 Å². The largest absolute Gasteiger partial charge is 0.504 e. The molecule has 0 amide bonds. The SMILES string of the molecule is CCOC(=O)C(=O)c1c(C(C)C)ccc(OC)c1O. The lowest BCUT2D eigenvalue weighted by Gasteiger charge is -2.15. The van der Waals surface area contributed by atoms with Gasteiger partial charge in [-0.1, -0.05) is 19.9 Å². The third-order valence-electron chi connectivity index (χ3n) is 2.70. The first-order valence-corrected chi connectivity index (χ1v) is 6.05. The number of carbonyl (C=O) groups excluding carboxylic acids is 2. The van der Waals surface area contributed by atoms with E-state index in [4.69, 9.17) is 4.74 Å². The second-order valence-corrected chi connectivity index (χ2v) is 4.28. The van der Waals surface area contributed by atoms with E-state index in [0.717, 1.165) is 0 Å². The van der Waals surface area contributed by atoms with Crippen molar-refractivity contribution in [3.63, 3.8) is 0 Å². The van der Waals surface area contributed by atoms with Gasteiger partial charge in [-0.25, -0.2) is 4.79 Å². The highest BCUT2D eigenvalue weighted by molar-refractivity contribution is 6.41. The van der Waals surface area contributed by atoms with E-state index in [2.05, 4.69) is 4.74 Å². The number of Topliss-reactive ketones (excluding diaryl/α,β-unsaturated/α-hetero) is 1. The maximum absolute atomic E-state index is 12.1. The summed E-state index contributed by atoms with van der Waals surface area (Å²) in [5, 5.41) is 10.1. The lowest BCUT2D eigenvalue weighted by atomic mass is 9.93. The minimum absolute atomic E-state index is 0.0230. The summed E-state index contributed by atoms with van der Waals surface area (Å²) >= 11 is 0. The van der Waals surface area contributed by atoms with Crippen molar-refractivity contribution in [2.75, 3.05) is 13.7 Å². The molecule has 0 fully saturated rings. The van der Waals surface area contributed by atoms with Crippen molar-refractivity contribution in [1.82, 2.24) is 0 Å². The van der Waals surface area contributed by atoms with E-state index in [1.54, 1.807) is 19.1 Å². The zero-order valence-electron chi connectivity index (χ0n) is 11.5. The van der Waals surface area contributed by atoms with Crippen LogP contribution in [-0.4, -0.2) is 30.6 Å². The van der Waals surface area contributed by atoms with Gasteiger partial charge in [-0.2, -0.15) is 0 Å². The summed E-state index contributed by atoms with van der Waals surface area (Å²) in [5.41, 5.74) is 0.532. The molecule has 0 saturated heterocycles. The second-order valence-electron chi connectivity index (χ2n) is 4.28. The Morgan fingerprint density at radius 3 is 2.42 bits per heavy atom. The molecule has 1 aromatic carbocycles. The Hall–Kier alpha value is -2.04. The lowest BCUT2D eigenvalue weighted by Crippen LogP contribution is -2.19. The molecule has 0 aromatic heterocycles. The highest BCUT2D eigenvalue weighted by Gasteiger charge is 2.27. The second kappa shape index (κ2) is 6.22. The monoisotopic (exact) mass is 266 g/mol. The zero-order chi connectivity index (χ0) is 14.6. The molecule has 0 heterocycles. The maximum Gasteiger partial charge on any atom is 0.379 e. The van der Waals surface area contributed by atoms with Crippen molar-refractivity contribution in [3.8, 4) is 11.5 Å². The minimum atomic E-state index is -0.979. The third kappa shape index (κ3) is 3.05. The molecule has 0 saturated carbocycles. The van der Waals surface area contributed by atoms with Crippen molar-refractivity contribution in [2.24, 2.45) is 0 Å². The number of esters is 1. The average Bonchev–Trinajstić information content (AvgIpc) is 2.37. The molecule has 0 unspecified atom stereocenters. The van der Waals surface area contributed by atoms with E-state index < -0.39 is 11.8 Å². The number of ether oxygens (including phenoxy) is 2. The number of carbonyl (C=O) groups is 2. The molecule has 1 N–H and O–H groups in total. The van der Waals surface area contributed by atoms with E-state index >= 15 is 0 Å². The number of methoxy groups -OCH3 is 1. The van der Waals surface area contributed by atoms with Crippen LogP contribution in [0.4, 0.5) is 0 Å². The van der Waals surface area contributed by atoms with Crippen LogP contribution < -0.4 is 4.74 Å². The maximum atomic E-state index is 12.1. The van der Waals surface area contributed by atoms with Crippen LogP contribution in [0.5, 0.6) is 11.5 Å². The minimum Gasteiger partial charge on any atom is -0.504 e. The summed E-state index contributed by atoms with van der Waals surface area (Å²) in [6.45, 7) is 5.44. The van der Waals surface area contributed by atoms with Crippen LogP contribution in [0.15, 0.2) is 12.1 Å². The van der Waals surface area contributed by atoms with Crippen LogP contribution in [-0.2, 0) is 9.53 Å². The van der Waals surface area contributed by atoms with Crippen molar-refractivity contribution in [1.29, 1.82) is 0 Å². The van der Waals surface area contributed by atoms with E-state index in [1.807, 2.05) is 13.8 Å². The molecule has 104 valence electrons. The summed E-state index contributed by atoms with van der Waals surface area (Å²) in [5.74, 6) is -2.04. The average molecular weight is 266 g/mol. The van der Waals surface area contributed by atoms with Gasteiger partial charge in [0, 0.05) is 0 Å². The molecule has 0 aliphatic carbocycles. The first-order chi connectivity index (χ1) is 8.93. The molecule has 1 aromatic rings. The number of ketones is 1. The number of phenols is 1. The molecule has 0 spiro atoms. The van der Waals surface area contributed by atoms with Crippen LogP contribution in [0, 0.1) is 0 Å². The zero-order valence-corrected chi connectivity index (χ0v) is 11.5. The number of phenolic OH excluding ortho intramolecular Hbond substituents is 1. The van der Waals surface area contributed by atoms with Crippen molar-refractivity contribution in [2.45, 2.75) is 26.7 Å². The van der Waals surface area contributed by atoms with Crippen LogP contribution >= 0.6 is 0 Å². The Morgan fingerprint density at radius 1 is 1.32 bits per heavy atom. The fourth-order valence-corrected chi connectivity index (χ4v) is 1.77. The summed E-state index contributed by atoms with van der Waals surface area (Å²) in [6, 6.07) is 3.22. The molecule has 0 aliphatic rings. The molecular weight excluding hydrogens is 248 g/mol. The Bertz CT molecular complexity index is 491. The molecule has 0 radical (unpaired) electrons. The highest BCUT2D eigenvalue weighted by atomic mass is 16.5. The van der Waals surface area contributed by atoms with Crippen LogP contribution in [0.2, 0.25) is 0 Å². The van der Waals surface area contributed by atoms with Gasteiger partial charge in [-0.05, 0) is 24.5 Å². The van der Waals surface area contributed by atoms with E-state index in [-0.39, 0.29) is 29.6 Å². The smallest absolute Gasteiger partial charge is 0.379 e. The topological polar surface area (TPSA) is 72.8 Å². The Balaban J connectivity index is 3.37. The molecule has 5 nitrogen and oxygen atoms in total. The number of benzene rings is 1. The van der Waals surface area contributed by atoms with E-state index in [1.165, 1.54) is 7.11 Å². The Morgan fingerprint density at radius 2 is 1.95 bits per heavy atom. The number of hydrogen-bond donors (Lipinski definition) is 1. The van der Waals surface area contributed by atoms with Gasteiger partial charge in [0.25, 0.3) is 5.78 Å². The van der Waals surface area contributed by atoms with Crippen molar-refractivity contribution in [3.05, 3.63) is 23.3 Å². The first kappa shape index (κ1) is 15.0. The summed E-state index contributed by atoms with van der Waals surface area (Å²) in [7, 11) is 1.38. The van der Waals surface area contributed by atoms with E-state index in [9.17, 15) is 14.7 Å². The molecule has 19 heavy (non-hydrogen) atoms. The fraction of sp³-hybridized carbons (Fsp3) is 0.429. The van der Waals surface area contributed by atoms with Crippen molar-refractivity contribution < 1.29 is 24.2 Å². The summed E-state index contributed by atoms with van der Waals surface area (Å²) in [4.78, 5) is 23.6. The predicted molar refractivity (Wildman–Crippen MR) is 69.7 cm³/mol. The number of rotatable bonds is 5. The van der Waals surface area contributed by atoms with Gasteiger partial charge in [0.05, 0.1) is 19.3 Å². The van der Waals surface area contributed by atoms with Crippen molar-refractivity contribution >= 4 is 11.8 Å². The standard InChI is InChI=1S/C14H18O5/c1-5-19-14(17)13(16)11-9(8(2)3)6-7-10(18-4)12(11)15/h6-8,15H,5H2,1-4H3. The van der Waals surface area contributed by atoms with Gasteiger partial charge in [-0.15, -0.1) is 0 Å². The highest BCUT2D eigenvalue weighted by Crippen LogP contribution is 2.35. The van der Waals surface area contributed by atoms with Gasteiger partial charge < -0.3 is 14.6 Å². The molecule has 0 bridgehead atoms. The number of hydrogen-bond acceptors (Lipinski definition) is 5. The predicted octanol–water partition coefficient (Wildman–Crippen LogP) is 2.27. The molecule has 0 aliphatic heterocycles. The first-order valence-electron chi connectivity index (χ1n) is 6.05. The van der Waals surface area contributed by atoms with Gasteiger partial charge in [-0.3, -0.25) is 4.79 Å². The van der Waals surface area contributed by atoms with Gasteiger partial charge in [0.2, 0.25) is 0 Å². The molecular formula is C14H18O5.